The molecule has 7 heteroatoms. The summed E-state index contributed by atoms with van der Waals surface area (Å²) < 4.78 is 0. The van der Waals surface area contributed by atoms with Crippen molar-refractivity contribution >= 4 is 46.4 Å². The minimum absolute atomic E-state index is 0. The highest BCUT2D eigenvalue weighted by atomic mass is 35.5. The molecular weight excluding hydrogens is 341 g/mol. The van der Waals surface area contributed by atoms with Crippen LogP contribution >= 0.6 is 35.3 Å². The van der Waals surface area contributed by atoms with Crippen LogP contribution in [0.1, 0.15) is 29.9 Å². The van der Waals surface area contributed by atoms with E-state index in [4.69, 9.17) is 17.3 Å². The highest BCUT2D eigenvalue weighted by Gasteiger charge is 2.22. The number of thiazole rings is 1. The van der Waals surface area contributed by atoms with Gasteiger partial charge in [0, 0.05) is 22.5 Å². The van der Waals surface area contributed by atoms with E-state index in [-0.39, 0.29) is 18.3 Å². The molecule has 0 saturated heterocycles. The van der Waals surface area contributed by atoms with Crippen molar-refractivity contribution < 1.29 is 4.79 Å². The van der Waals surface area contributed by atoms with Crippen molar-refractivity contribution in [3.63, 3.8) is 0 Å². The average Bonchev–Trinajstić information content (AvgIpc) is 2.80. The van der Waals surface area contributed by atoms with E-state index in [1.807, 2.05) is 25.1 Å². The van der Waals surface area contributed by atoms with Crippen LogP contribution in [0.3, 0.4) is 0 Å². The topological polar surface area (TPSA) is 68.0 Å². The van der Waals surface area contributed by atoms with E-state index in [9.17, 15) is 4.79 Å². The van der Waals surface area contributed by atoms with Crippen molar-refractivity contribution in [2.75, 3.05) is 5.32 Å². The molecule has 120 valence electrons. The summed E-state index contributed by atoms with van der Waals surface area (Å²) in [5.74, 6) is -0.248. The maximum atomic E-state index is 11.8. The lowest BCUT2D eigenvalue weighted by Gasteiger charge is -2.16. The number of hydrogen-bond acceptors (Lipinski definition) is 4. The molecule has 0 aliphatic heterocycles. The molecule has 1 aromatic carbocycles. The van der Waals surface area contributed by atoms with Gasteiger partial charge in [-0.3, -0.25) is 4.79 Å². The average molecular weight is 360 g/mol. The number of aryl methyl sites for hydroxylation is 1. The van der Waals surface area contributed by atoms with Gasteiger partial charge in [-0.05, 0) is 38.0 Å². The monoisotopic (exact) mass is 359 g/mol. The van der Waals surface area contributed by atoms with Crippen LogP contribution in [0.25, 0.3) is 0 Å². The summed E-state index contributed by atoms with van der Waals surface area (Å²) in [5.41, 5.74) is 6.99. The number of carbonyl (C=O) groups excluding carboxylic acids is 1. The van der Waals surface area contributed by atoms with Crippen molar-refractivity contribution in [1.29, 1.82) is 0 Å². The SMILES string of the molecule is Cc1ccc(Cc2cnc(NC(=O)C(C)(C)N)s2)cc1Cl.Cl. The molecule has 2 aromatic rings. The molecule has 0 aliphatic carbocycles. The van der Waals surface area contributed by atoms with Gasteiger partial charge in [0.1, 0.15) is 0 Å². The third-order valence-corrected chi connectivity index (χ3v) is 4.29. The number of rotatable bonds is 4. The molecule has 0 fully saturated rings. The van der Waals surface area contributed by atoms with E-state index in [0.29, 0.717) is 5.13 Å². The second kappa shape index (κ2) is 7.42. The number of nitrogens with one attached hydrogen (secondary N) is 1. The number of halogens is 2. The number of amides is 1. The standard InChI is InChI=1S/C15H18ClN3OS.ClH/c1-9-4-5-10(7-12(9)16)6-11-8-18-14(21-11)19-13(20)15(2,3)17;/h4-5,7-8H,6,17H2,1-3H3,(H,18,19,20);1H. The quantitative estimate of drug-likeness (QED) is 0.872. The molecule has 3 N–H and O–H groups in total. The molecule has 0 saturated carbocycles. The van der Waals surface area contributed by atoms with Crippen LogP contribution in [0.5, 0.6) is 0 Å². The summed E-state index contributed by atoms with van der Waals surface area (Å²) in [5, 5.41) is 4.05. The van der Waals surface area contributed by atoms with Gasteiger partial charge in [0.25, 0.3) is 0 Å². The molecule has 1 aromatic heterocycles. The Balaban J connectivity index is 0.00000242. The van der Waals surface area contributed by atoms with Crippen LogP contribution in [0, 0.1) is 6.92 Å². The third kappa shape index (κ3) is 4.95. The van der Waals surface area contributed by atoms with Gasteiger partial charge in [-0.1, -0.05) is 23.7 Å². The maximum Gasteiger partial charge on any atom is 0.245 e. The second-order valence-electron chi connectivity index (χ2n) is 5.57. The number of aromatic nitrogens is 1. The number of carbonyl (C=O) groups is 1. The van der Waals surface area contributed by atoms with Gasteiger partial charge in [0.2, 0.25) is 5.91 Å². The molecule has 2 rings (SSSR count). The van der Waals surface area contributed by atoms with Crippen molar-refractivity contribution in [1.82, 2.24) is 4.98 Å². The van der Waals surface area contributed by atoms with Crippen molar-refractivity contribution in [2.45, 2.75) is 32.7 Å². The van der Waals surface area contributed by atoms with Gasteiger partial charge in [-0.15, -0.1) is 23.7 Å². The Morgan fingerprint density at radius 1 is 1.45 bits per heavy atom. The minimum Gasteiger partial charge on any atom is -0.318 e. The molecule has 0 atom stereocenters. The zero-order valence-electron chi connectivity index (χ0n) is 12.6. The minimum atomic E-state index is -0.920. The van der Waals surface area contributed by atoms with Gasteiger partial charge in [-0.2, -0.15) is 0 Å². The Hall–Kier alpha value is -1.14. The Bertz CT molecular complexity index is 665. The first-order valence-corrected chi connectivity index (χ1v) is 7.75. The number of nitrogens with zero attached hydrogens (tertiary/aromatic N) is 1. The fourth-order valence-electron chi connectivity index (χ4n) is 1.65. The van der Waals surface area contributed by atoms with Crippen LogP contribution in [-0.2, 0) is 11.2 Å². The lowest BCUT2D eigenvalue weighted by atomic mass is 10.1. The maximum absolute atomic E-state index is 11.8. The molecule has 0 unspecified atom stereocenters. The number of anilines is 1. The van der Waals surface area contributed by atoms with E-state index in [1.165, 1.54) is 11.3 Å². The Labute approximate surface area is 145 Å². The predicted molar refractivity (Wildman–Crippen MR) is 95.3 cm³/mol. The first-order chi connectivity index (χ1) is 9.75. The van der Waals surface area contributed by atoms with Crippen molar-refractivity contribution in [3.05, 3.63) is 45.4 Å². The van der Waals surface area contributed by atoms with Crippen LogP contribution in [-0.4, -0.2) is 16.4 Å². The predicted octanol–water partition coefficient (Wildman–Crippen LogP) is 3.79. The normalized spacial score (nSPS) is 11.0. The number of hydrogen-bond donors (Lipinski definition) is 2. The summed E-state index contributed by atoms with van der Waals surface area (Å²) >= 11 is 7.56. The lowest BCUT2D eigenvalue weighted by molar-refractivity contribution is -0.120. The van der Waals surface area contributed by atoms with E-state index >= 15 is 0 Å². The van der Waals surface area contributed by atoms with Crippen molar-refractivity contribution in [2.24, 2.45) is 5.73 Å². The summed E-state index contributed by atoms with van der Waals surface area (Å²) in [6, 6.07) is 6.00. The van der Waals surface area contributed by atoms with Gasteiger partial charge in [0.05, 0.1) is 5.54 Å². The molecule has 22 heavy (non-hydrogen) atoms. The fourth-order valence-corrected chi connectivity index (χ4v) is 2.70. The van der Waals surface area contributed by atoms with E-state index in [2.05, 4.69) is 10.3 Å². The number of nitrogens with two attached hydrogens (primary N) is 1. The molecule has 1 heterocycles. The Morgan fingerprint density at radius 3 is 2.73 bits per heavy atom. The van der Waals surface area contributed by atoms with Crippen LogP contribution < -0.4 is 11.1 Å². The Morgan fingerprint density at radius 2 is 2.14 bits per heavy atom. The van der Waals surface area contributed by atoms with Gasteiger partial charge >= 0.3 is 0 Å². The smallest absolute Gasteiger partial charge is 0.245 e. The summed E-state index contributed by atoms with van der Waals surface area (Å²) in [4.78, 5) is 17.1. The van der Waals surface area contributed by atoms with E-state index in [1.54, 1.807) is 20.0 Å². The largest absolute Gasteiger partial charge is 0.318 e. The Kier molecular flexibility index (Phi) is 6.38. The zero-order valence-corrected chi connectivity index (χ0v) is 15.0. The molecule has 0 radical (unpaired) electrons. The van der Waals surface area contributed by atoms with E-state index < -0.39 is 5.54 Å². The van der Waals surface area contributed by atoms with Crippen LogP contribution in [0.4, 0.5) is 5.13 Å². The summed E-state index contributed by atoms with van der Waals surface area (Å²) in [6.07, 6.45) is 2.50. The highest BCUT2D eigenvalue weighted by Crippen LogP contribution is 2.24. The van der Waals surface area contributed by atoms with Crippen LogP contribution in [0.2, 0.25) is 5.02 Å². The van der Waals surface area contributed by atoms with Gasteiger partial charge < -0.3 is 11.1 Å². The lowest BCUT2D eigenvalue weighted by Crippen LogP contribution is -2.45. The first-order valence-electron chi connectivity index (χ1n) is 6.56. The van der Waals surface area contributed by atoms with Gasteiger partial charge in [0.15, 0.2) is 5.13 Å². The second-order valence-corrected chi connectivity index (χ2v) is 7.09. The zero-order chi connectivity index (χ0) is 15.6. The molecule has 0 bridgehead atoms. The summed E-state index contributed by atoms with van der Waals surface area (Å²) in [6.45, 7) is 5.29. The third-order valence-electron chi connectivity index (χ3n) is 2.97. The number of benzene rings is 1. The van der Waals surface area contributed by atoms with Crippen molar-refractivity contribution in [3.8, 4) is 0 Å². The molecule has 1 amide bonds. The molecular formula is C15H19Cl2N3OS. The van der Waals surface area contributed by atoms with Gasteiger partial charge in [-0.25, -0.2) is 4.98 Å². The molecule has 0 spiro atoms. The summed E-state index contributed by atoms with van der Waals surface area (Å²) in [7, 11) is 0. The highest BCUT2D eigenvalue weighted by molar-refractivity contribution is 7.15. The van der Waals surface area contributed by atoms with E-state index in [0.717, 1.165) is 27.4 Å². The fraction of sp³-hybridized carbons (Fsp3) is 0.333. The first kappa shape index (κ1) is 18.9. The van der Waals surface area contributed by atoms with Crippen LogP contribution in [0.15, 0.2) is 24.4 Å². The molecule has 4 nitrogen and oxygen atoms in total. The molecule has 0 aliphatic rings.